The predicted molar refractivity (Wildman–Crippen MR) is 99.1 cm³/mol. The van der Waals surface area contributed by atoms with Gasteiger partial charge in [-0.2, -0.15) is 0 Å². The molecule has 1 aliphatic rings. The van der Waals surface area contributed by atoms with Crippen LogP contribution >= 0.6 is 0 Å². The van der Waals surface area contributed by atoms with Crippen molar-refractivity contribution in [3.05, 3.63) is 48.7 Å². The van der Waals surface area contributed by atoms with Gasteiger partial charge in [0.1, 0.15) is 11.6 Å². The molecular formula is C19H24N4O2. The molecule has 0 saturated carbocycles. The number of benzene rings is 1. The second-order valence-electron chi connectivity index (χ2n) is 6.11. The molecule has 2 heterocycles. The maximum Gasteiger partial charge on any atom is 0.241 e. The van der Waals surface area contributed by atoms with Crippen LogP contribution in [0.5, 0.6) is 5.75 Å². The monoisotopic (exact) mass is 340 g/mol. The Bertz CT molecular complexity index is 700. The lowest BCUT2D eigenvalue weighted by Crippen LogP contribution is -2.53. The normalized spacial score (nSPS) is 16.3. The number of amides is 1. The van der Waals surface area contributed by atoms with E-state index in [2.05, 4.69) is 20.1 Å². The number of nitrogens with zero attached hydrogens (tertiary/aromatic N) is 3. The number of aromatic nitrogens is 1. The minimum atomic E-state index is -0.183. The Morgan fingerprint density at radius 3 is 2.64 bits per heavy atom. The van der Waals surface area contributed by atoms with E-state index in [1.807, 2.05) is 55.6 Å². The molecule has 0 radical (unpaired) electrons. The summed E-state index contributed by atoms with van der Waals surface area (Å²) in [5, 5.41) is 2.97. The van der Waals surface area contributed by atoms with Crippen LogP contribution in [0.3, 0.4) is 0 Å². The Kier molecular flexibility index (Phi) is 5.50. The van der Waals surface area contributed by atoms with E-state index in [9.17, 15) is 4.79 Å². The van der Waals surface area contributed by atoms with Crippen LogP contribution < -0.4 is 15.0 Å². The molecular weight excluding hydrogens is 316 g/mol. The first-order valence-electron chi connectivity index (χ1n) is 8.52. The van der Waals surface area contributed by atoms with E-state index in [0.29, 0.717) is 0 Å². The molecule has 1 atom stereocenters. The molecule has 1 saturated heterocycles. The molecule has 3 rings (SSSR count). The topological polar surface area (TPSA) is 57.7 Å². The second-order valence-corrected chi connectivity index (χ2v) is 6.11. The molecule has 1 amide bonds. The fourth-order valence-electron chi connectivity index (χ4n) is 2.99. The van der Waals surface area contributed by atoms with Crippen LogP contribution in [0, 0.1) is 0 Å². The number of rotatable bonds is 5. The van der Waals surface area contributed by atoms with Crippen molar-refractivity contribution in [1.82, 2.24) is 9.88 Å². The summed E-state index contributed by atoms with van der Waals surface area (Å²) in [4.78, 5) is 21.4. The van der Waals surface area contributed by atoms with Crippen LogP contribution in [0.25, 0.3) is 0 Å². The van der Waals surface area contributed by atoms with Gasteiger partial charge in [-0.25, -0.2) is 4.98 Å². The van der Waals surface area contributed by atoms with Gasteiger partial charge in [-0.3, -0.25) is 9.69 Å². The van der Waals surface area contributed by atoms with Crippen molar-refractivity contribution in [3.8, 4) is 5.75 Å². The molecule has 0 aliphatic carbocycles. The largest absolute Gasteiger partial charge is 0.497 e. The SMILES string of the molecule is COc1cccc(NC(=O)[C@H](C)N2CCN(c3ccccn3)CC2)c1. The number of hydrogen-bond acceptors (Lipinski definition) is 5. The first-order valence-corrected chi connectivity index (χ1v) is 8.52. The molecule has 1 aromatic carbocycles. The van der Waals surface area contributed by atoms with Gasteiger partial charge in [0.2, 0.25) is 5.91 Å². The van der Waals surface area contributed by atoms with E-state index in [1.54, 1.807) is 7.11 Å². The van der Waals surface area contributed by atoms with Crippen molar-refractivity contribution in [2.45, 2.75) is 13.0 Å². The first kappa shape index (κ1) is 17.2. The van der Waals surface area contributed by atoms with Crippen LogP contribution in [0.15, 0.2) is 48.7 Å². The molecule has 132 valence electrons. The zero-order chi connectivity index (χ0) is 17.6. The first-order chi connectivity index (χ1) is 12.2. The second kappa shape index (κ2) is 7.98. The fourth-order valence-corrected chi connectivity index (χ4v) is 2.99. The highest BCUT2D eigenvalue weighted by Gasteiger charge is 2.26. The van der Waals surface area contributed by atoms with E-state index >= 15 is 0 Å². The minimum absolute atomic E-state index is 0.000427. The molecule has 6 heteroatoms. The van der Waals surface area contributed by atoms with E-state index in [0.717, 1.165) is 43.4 Å². The minimum Gasteiger partial charge on any atom is -0.497 e. The zero-order valence-corrected chi connectivity index (χ0v) is 14.7. The van der Waals surface area contributed by atoms with Crippen LogP contribution in [0.2, 0.25) is 0 Å². The molecule has 25 heavy (non-hydrogen) atoms. The maximum atomic E-state index is 12.5. The number of nitrogens with one attached hydrogen (secondary N) is 1. The molecule has 6 nitrogen and oxygen atoms in total. The lowest BCUT2D eigenvalue weighted by Gasteiger charge is -2.37. The average Bonchev–Trinajstić information content (AvgIpc) is 2.68. The number of methoxy groups -OCH3 is 1. The summed E-state index contributed by atoms with van der Waals surface area (Å²) in [6.45, 7) is 5.36. The van der Waals surface area contributed by atoms with Crippen LogP contribution in [-0.4, -0.2) is 55.1 Å². The third-order valence-corrected chi connectivity index (χ3v) is 4.55. The third-order valence-electron chi connectivity index (χ3n) is 4.55. The molecule has 0 bridgehead atoms. The molecule has 0 unspecified atom stereocenters. The van der Waals surface area contributed by atoms with Crippen molar-refractivity contribution >= 4 is 17.4 Å². The highest BCUT2D eigenvalue weighted by molar-refractivity contribution is 5.94. The average molecular weight is 340 g/mol. The summed E-state index contributed by atoms with van der Waals surface area (Å²) in [7, 11) is 1.62. The number of anilines is 2. The summed E-state index contributed by atoms with van der Waals surface area (Å²) in [6.07, 6.45) is 1.81. The van der Waals surface area contributed by atoms with E-state index < -0.39 is 0 Å². The van der Waals surface area contributed by atoms with Crippen molar-refractivity contribution in [2.24, 2.45) is 0 Å². The van der Waals surface area contributed by atoms with Gasteiger partial charge in [-0.1, -0.05) is 12.1 Å². The van der Waals surface area contributed by atoms with Gasteiger partial charge in [-0.05, 0) is 31.2 Å². The Morgan fingerprint density at radius 1 is 1.16 bits per heavy atom. The third kappa shape index (κ3) is 4.28. The molecule has 0 spiro atoms. The molecule has 1 N–H and O–H groups in total. The van der Waals surface area contributed by atoms with Gasteiger partial charge in [0.25, 0.3) is 0 Å². The summed E-state index contributed by atoms with van der Waals surface area (Å²) < 4.78 is 5.19. The number of carbonyl (C=O) groups excluding carboxylic acids is 1. The van der Waals surface area contributed by atoms with Crippen LogP contribution in [0.1, 0.15) is 6.92 Å². The highest BCUT2D eigenvalue weighted by atomic mass is 16.5. The fraction of sp³-hybridized carbons (Fsp3) is 0.368. The lowest BCUT2D eigenvalue weighted by atomic mass is 10.2. The molecule has 1 fully saturated rings. The standard InChI is InChI=1S/C19H24N4O2/c1-15(19(24)21-16-6-5-7-17(14-16)25-2)22-10-12-23(13-11-22)18-8-3-4-9-20-18/h3-9,14-15H,10-13H2,1-2H3,(H,21,24)/t15-/m0/s1. The van der Waals surface area contributed by atoms with Gasteiger partial charge >= 0.3 is 0 Å². The van der Waals surface area contributed by atoms with E-state index in [1.165, 1.54) is 0 Å². The van der Waals surface area contributed by atoms with Crippen LogP contribution in [0.4, 0.5) is 11.5 Å². The molecule has 1 aromatic heterocycles. The zero-order valence-electron chi connectivity index (χ0n) is 14.7. The number of hydrogen-bond donors (Lipinski definition) is 1. The lowest BCUT2D eigenvalue weighted by molar-refractivity contribution is -0.120. The summed E-state index contributed by atoms with van der Waals surface area (Å²) in [5.74, 6) is 1.73. The number of pyridine rings is 1. The Hall–Kier alpha value is -2.60. The summed E-state index contributed by atoms with van der Waals surface area (Å²) in [5.41, 5.74) is 0.753. The quantitative estimate of drug-likeness (QED) is 0.905. The highest BCUT2D eigenvalue weighted by Crippen LogP contribution is 2.18. The number of piperazine rings is 1. The van der Waals surface area contributed by atoms with Crippen molar-refractivity contribution in [2.75, 3.05) is 43.5 Å². The summed E-state index contributed by atoms with van der Waals surface area (Å²) in [6, 6.07) is 13.2. The van der Waals surface area contributed by atoms with Gasteiger partial charge in [-0.15, -0.1) is 0 Å². The van der Waals surface area contributed by atoms with Crippen molar-refractivity contribution in [1.29, 1.82) is 0 Å². The smallest absolute Gasteiger partial charge is 0.241 e. The Balaban J connectivity index is 1.54. The van der Waals surface area contributed by atoms with E-state index in [-0.39, 0.29) is 11.9 Å². The Labute approximate surface area is 148 Å². The van der Waals surface area contributed by atoms with Crippen LogP contribution in [-0.2, 0) is 4.79 Å². The predicted octanol–water partition coefficient (Wildman–Crippen LogP) is 2.24. The van der Waals surface area contributed by atoms with Gasteiger partial charge in [0, 0.05) is 44.1 Å². The molecule has 2 aromatic rings. The summed E-state index contributed by atoms with van der Waals surface area (Å²) >= 11 is 0. The van der Waals surface area contributed by atoms with Gasteiger partial charge in [0.05, 0.1) is 13.2 Å². The van der Waals surface area contributed by atoms with E-state index in [4.69, 9.17) is 4.74 Å². The number of carbonyl (C=O) groups is 1. The van der Waals surface area contributed by atoms with Crippen molar-refractivity contribution < 1.29 is 9.53 Å². The maximum absolute atomic E-state index is 12.5. The van der Waals surface area contributed by atoms with Gasteiger partial charge < -0.3 is 15.0 Å². The Morgan fingerprint density at radius 2 is 1.96 bits per heavy atom. The van der Waals surface area contributed by atoms with Crippen molar-refractivity contribution in [3.63, 3.8) is 0 Å². The molecule has 1 aliphatic heterocycles. The number of ether oxygens (including phenoxy) is 1. The van der Waals surface area contributed by atoms with Gasteiger partial charge in [0.15, 0.2) is 0 Å².